The van der Waals surface area contributed by atoms with Gasteiger partial charge in [-0.05, 0) is 96.4 Å². The Hall–Kier alpha value is -7.16. The molecule has 0 fully saturated rings. The van der Waals surface area contributed by atoms with Gasteiger partial charge in [-0.1, -0.05) is 164 Å². The largest absolute Gasteiger partial charge is 0.454 e. The van der Waals surface area contributed by atoms with Crippen molar-refractivity contribution in [2.45, 2.75) is 0 Å². The molecular weight excluding hydrogens is 655 g/mol. The van der Waals surface area contributed by atoms with E-state index in [1.54, 1.807) is 0 Å². The molecule has 10 aromatic carbocycles. The second-order valence-corrected chi connectivity index (χ2v) is 14.1. The molecule has 0 N–H and O–H groups in total. The number of benzene rings is 10. The van der Waals surface area contributed by atoms with Crippen LogP contribution in [0.25, 0.3) is 87.3 Å². The Kier molecular flexibility index (Phi) is 6.90. The van der Waals surface area contributed by atoms with Gasteiger partial charge in [0.15, 0.2) is 5.58 Å². The van der Waals surface area contributed by atoms with E-state index in [4.69, 9.17) is 4.42 Å². The third kappa shape index (κ3) is 4.81. The van der Waals surface area contributed by atoms with Crippen LogP contribution in [0.5, 0.6) is 0 Å². The molecule has 1 heterocycles. The van der Waals surface area contributed by atoms with Crippen LogP contribution >= 0.6 is 0 Å². The molecule has 11 aromatic rings. The van der Waals surface area contributed by atoms with Gasteiger partial charge < -0.3 is 9.32 Å². The van der Waals surface area contributed by atoms with E-state index < -0.39 is 0 Å². The first kappa shape index (κ1) is 30.5. The molecule has 0 unspecified atom stereocenters. The lowest BCUT2D eigenvalue weighted by atomic mass is 9.93. The molecule has 0 aliphatic rings. The van der Waals surface area contributed by atoms with Crippen LogP contribution < -0.4 is 4.90 Å². The first-order valence-electron chi connectivity index (χ1n) is 18.5. The summed E-state index contributed by atoms with van der Waals surface area (Å²) in [4.78, 5) is 2.38. The Labute approximate surface area is 312 Å². The molecule has 252 valence electrons. The van der Waals surface area contributed by atoms with E-state index in [0.717, 1.165) is 39.0 Å². The van der Waals surface area contributed by atoms with E-state index in [0.29, 0.717) is 0 Å². The summed E-state index contributed by atoms with van der Waals surface area (Å²) in [5.41, 5.74) is 9.77. The Morgan fingerprint density at radius 2 is 0.889 bits per heavy atom. The van der Waals surface area contributed by atoms with Crippen molar-refractivity contribution < 1.29 is 4.42 Å². The highest BCUT2D eigenvalue weighted by Gasteiger charge is 2.22. The molecule has 2 heteroatoms. The van der Waals surface area contributed by atoms with Gasteiger partial charge in [0.25, 0.3) is 0 Å². The van der Waals surface area contributed by atoms with Crippen LogP contribution in [0.3, 0.4) is 0 Å². The van der Waals surface area contributed by atoms with Crippen LogP contribution in [0.2, 0.25) is 0 Å². The summed E-state index contributed by atoms with van der Waals surface area (Å²) in [6.45, 7) is 0. The second kappa shape index (κ2) is 12.2. The smallest absolute Gasteiger partial charge is 0.159 e. The molecule has 0 aliphatic carbocycles. The number of anilines is 3. The third-order valence-corrected chi connectivity index (χ3v) is 11.0. The van der Waals surface area contributed by atoms with Crippen molar-refractivity contribution in [3.05, 3.63) is 200 Å². The number of furan rings is 1. The quantitative estimate of drug-likeness (QED) is 0.168. The number of hydrogen-bond donors (Lipinski definition) is 0. The Morgan fingerprint density at radius 3 is 1.70 bits per heavy atom. The highest BCUT2D eigenvalue weighted by atomic mass is 16.3. The zero-order chi connectivity index (χ0) is 35.6. The fourth-order valence-electron chi connectivity index (χ4n) is 8.49. The molecule has 11 rings (SSSR count). The van der Waals surface area contributed by atoms with Crippen LogP contribution in [0.15, 0.2) is 205 Å². The molecule has 0 saturated heterocycles. The van der Waals surface area contributed by atoms with Crippen molar-refractivity contribution in [3.63, 3.8) is 0 Å². The Morgan fingerprint density at radius 1 is 0.315 bits per heavy atom. The van der Waals surface area contributed by atoms with Gasteiger partial charge in [0.05, 0.1) is 11.4 Å². The van der Waals surface area contributed by atoms with Gasteiger partial charge in [-0.15, -0.1) is 0 Å². The normalized spacial score (nSPS) is 11.7. The lowest BCUT2D eigenvalue weighted by molar-refractivity contribution is 0.669. The number of nitrogens with zero attached hydrogens (tertiary/aromatic N) is 1. The monoisotopic (exact) mass is 687 g/mol. The predicted octanol–water partition coefficient (Wildman–Crippen LogP) is 15.0. The number of hydrogen-bond acceptors (Lipinski definition) is 2. The second-order valence-electron chi connectivity index (χ2n) is 14.1. The van der Waals surface area contributed by atoms with Gasteiger partial charge in [-0.25, -0.2) is 0 Å². The SMILES string of the molecule is c1ccc2c(-c3ccc4cccc(-c5ccc(N(c6cc7ccccc7c7ccccc67)c6cccc7c6oc6ccccc67)cc5)c4c3)cccc2c1. The van der Waals surface area contributed by atoms with Gasteiger partial charge in [0.2, 0.25) is 0 Å². The summed E-state index contributed by atoms with van der Waals surface area (Å²) in [5, 5.41) is 12.0. The van der Waals surface area contributed by atoms with Gasteiger partial charge in [0.1, 0.15) is 5.58 Å². The molecule has 0 radical (unpaired) electrons. The first-order chi connectivity index (χ1) is 26.8. The fourth-order valence-corrected chi connectivity index (χ4v) is 8.49. The Balaban J connectivity index is 1.11. The van der Waals surface area contributed by atoms with Crippen LogP contribution in [-0.4, -0.2) is 0 Å². The highest BCUT2D eigenvalue weighted by Crippen LogP contribution is 2.46. The van der Waals surface area contributed by atoms with Crippen molar-refractivity contribution in [1.82, 2.24) is 0 Å². The van der Waals surface area contributed by atoms with E-state index in [-0.39, 0.29) is 0 Å². The van der Waals surface area contributed by atoms with E-state index in [9.17, 15) is 0 Å². The van der Waals surface area contributed by atoms with Crippen molar-refractivity contribution in [2.24, 2.45) is 0 Å². The highest BCUT2D eigenvalue weighted by molar-refractivity contribution is 6.17. The molecule has 1 aromatic heterocycles. The zero-order valence-electron chi connectivity index (χ0n) is 29.4. The summed E-state index contributed by atoms with van der Waals surface area (Å²) >= 11 is 0. The first-order valence-corrected chi connectivity index (χ1v) is 18.5. The van der Waals surface area contributed by atoms with Crippen LogP contribution in [-0.2, 0) is 0 Å². The van der Waals surface area contributed by atoms with Crippen LogP contribution in [0.1, 0.15) is 0 Å². The number of fused-ring (bicyclic) bond motifs is 8. The number of rotatable bonds is 5. The van der Waals surface area contributed by atoms with Crippen LogP contribution in [0.4, 0.5) is 17.1 Å². The standard InChI is InChI=1S/C52H33NO/c1-3-16-40-34(12-1)14-9-22-42(40)38-27-26-35-15-10-21-41(48(35)32-38)36-28-30-39(31-29-36)53(49-24-11-23-47-46-20-7-8-25-51(46)54-52(47)49)50-33-37-13-2-4-17-43(37)44-18-5-6-19-45(44)50/h1-33H. The van der Waals surface area contributed by atoms with Crippen molar-refractivity contribution in [3.8, 4) is 22.3 Å². The lowest BCUT2D eigenvalue weighted by Crippen LogP contribution is -2.11. The van der Waals surface area contributed by atoms with Gasteiger partial charge >= 0.3 is 0 Å². The minimum absolute atomic E-state index is 0.870. The van der Waals surface area contributed by atoms with E-state index in [1.807, 2.05) is 6.07 Å². The van der Waals surface area contributed by atoms with Crippen molar-refractivity contribution in [1.29, 1.82) is 0 Å². The molecular formula is C52H33NO. The summed E-state index contributed by atoms with van der Waals surface area (Å²) < 4.78 is 6.68. The molecule has 0 spiro atoms. The summed E-state index contributed by atoms with van der Waals surface area (Å²) in [5.74, 6) is 0. The molecule has 0 amide bonds. The van der Waals surface area contributed by atoms with E-state index >= 15 is 0 Å². The average molecular weight is 688 g/mol. The zero-order valence-corrected chi connectivity index (χ0v) is 29.4. The minimum Gasteiger partial charge on any atom is -0.454 e. The number of para-hydroxylation sites is 2. The third-order valence-electron chi connectivity index (χ3n) is 11.0. The molecule has 0 bridgehead atoms. The minimum atomic E-state index is 0.870. The van der Waals surface area contributed by atoms with Gasteiger partial charge in [-0.2, -0.15) is 0 Å². The average Bonchev–Trinajstić information content (AvgIpc) is 3.63. The van der Waals surface area contributed by atoms with E-state index in [1.165, 1.54) is 65.3 Å². The molecule has 0 saturated carbocycles. The van der Waals surface area contributed by atoms with Gasteiger partial charge in [-0.3, -0.25) is 0 Å². The predicted molar refractivity (Wildman–Crippen MR) is 229 cm³/mol. The summed E-state index contributed by atoms with van der Waals surface area (Å²) in [6.07, 6.45) is 0. The molecule has 0 aliphatic heterocycles. The molecule has 2 nitrogen and oxygen atoms in total. The van der Waals surface area contributed by atoms with Crippen molar-refractivity contribution in [2.75, 3.05) is 4.90 Å². The maximum atomic E-state index is 6.68. The topological polar surface area (TPSA) is 16.4 Å². The fraction of sp³-hybridized carbons (Fsp3) is 0. The molecule has 0 atom stereocenters. The van der Waals surface area contributed by atoms with Gasteiger partial charge in [0, 0.05) is 21.8 Å². The summed E-state index contributed by atoms with van der Waals surface area (Å²) in [7, 11) is 0. The summed E-state index contributed by atoms with van der Waals surface area (Å²) in [6, 6.07) is 72.3. The van der Waals surface area contributed by atoms with Crippen molar-refractivity contribution >= 4 is 82.1 Å². The molecule has 54 heavy (non-hydrogen) atoms. The maximum Gasteiger partial charge on any atom is 0.159 e. The lowest BCUT2D eigenvalue weighted by Gasteiger charge is -2.28. The Bertz CT molecular complexity index is 3220. The van der Waals surface area contributed by atoms with Crippen LogP contribution in [0, 0.1) is 0 Å². The maximum absolute atomic E-state index is 6.68. The van der Waals surface area contributed by atoms with E-state index in [2.05, 4.69) is 199 Å².